The zero-order chi connectivity index (χ0) is 14.8. The van der Waals surface area contributed by atoms with Gasteiger partial charge in [0.2, 0.25) is 5.76 Å². The van der Waals surface area contributed by atoms with E-state index < -0.39 is 28.5 Å². The van der Waals surface area contributed by atoms with E-state index in [1.54, 1.807) is 6.07 Å². The molecule has 0 amide bonds. The maximum Gasteiger partial charge on any atom is 0.449 e. The van der Waals surface area contributed by atoms with Crippen molar-refractivity contribution in [2.75, 3.05) is 0 Å². The summed E-state index contributed by atoms with van der Waals surface area (Å²) in [5.41, 5.74) is 0. The summed E-state index contributed by atoms with van der Waals surface area (Å²) >= 11 is 0. The van der Waals surface area contributed by atoms with Crippen molar-refractivity contribution in [3.8, 4) is 0 Å². The van der Waals surface area contributed by atoms with Crippen molar-refractivity contribution in [1.29, 1.82) is 0 Å². The van der Waals surface area contributed by atoms with Gasteiger partial charge >= 0.3 is 6.18 Å². The van der Waals surface area contributed by atoms with Crippen LogP contribution in [0.2, 0.25) is 0 Å². The van der Waals surface area contributed by atoms with Gasteiger partial charge in [-0.2, -0.15) is 13.2 Å². The maximum absolute atomic E-state index is 12.3. The highest BCUT2D eigenvalue weighted by Crippen LogP contribution is 2.30. The predicted octanol–water partition coefficient (Wildman–Crippen LogP) is 2.17. The van der Waals surface area contributed by atoms with E-state index in [1.807, 2.05) is 0 Å². The molecular weight excluding hydrogens is 297 g/mol. The molecule has 0 saturated carbocycles. The van der Waals surface area contributed by atoms with Crippen molar-refractivity contribution >= 4 is 10.0 Å². The molecule has 9 heteroatoms. The van der Waals surface area contributed by atoms with Gasteiger partial charge in [0.1, 0.15) is 5.76 Å². The molecule has 2 heterocycles. The summed E-state index contributed by atoms with van der Waals surface area (Å²) in [6.07, 6.45) is -3.30. The number of pyridine rings is 1. The fourth-order valence-corrected chi connectivity index (χ4v) is 2.31. The highest BCUT2D eigenvalue weighted by atomic mass is 32.2. The molecule has 20 heavy (non-hydrogen) atoms. The Bertz CT molecular complexity index is 680. The Balaban J connectivity index is 2.08. The van der Waals surface area contributed by atoms with E-state index in [0.717, 1.165) is 12.1 Å². The number of sulfonamides is 1. The van der Waals surface area contributed by atoms with Gasteiger partial charge in [-0.3, -0.25) is 0 Å². The minimum absolute atomic E-state index is 0.142. The molecule has 0 radical (unpaired) electrons. The predicted molar refractivity (Wildman–Crippen MR) is 62.0 cm³/mol. The Hall–Kier alpha value is -1.87. The van der Waals surface area contributed by atoms with E-state index in [0.29, 0.717) is 0 Å². The van der Waals surface area contributed by atoms with Gasteiger partial charge in [0, 0.05) is 6.20 Å². The maximum atomic E-state index is 12.3. The van der Waals surface area contributed by atoms with E-state index in [4.69, 9.17) is 0 Å². The van der Waals surface area contributed by atoms with Crippen LogP contribution in [-0.2, 0) is 22.7 Å². The Kier molecular flexibility index (Phi) is 3.82. The number of nitrogens with one attached hydrogen (secondary N) is 1. The van der Waals surface area contributed by atoms with Crippen molar-refractivity contribution in [3.05, 3.63) is 48.0 Å². The molecule has 0 aromatic carbocycles. The zero-order valence-electron chi connectivity index (χ0n) is 9.89. The normalized spacial score (nSPS) is 12.6. The number of nitrogens with zero attached hydrogens (tertiary/aromatic N) is 1. The third kappa shape index (κ3) is 3.36. The zero-order valence-corrected chi connectivity index (χ0v) is 10.7. The van der Waals surface area contributed by atoms with Crippen LogP contribution in [-0.4, -0.2) is 13.4 Å². The molecule has 0 saturated heterocycles. The molecule has 2 aromatic heterocycles. The van der Waals surface area contributed by atoms with Gasteiger partial charge in [-0.25, -0.2) is 18.1 Å². The first-order chi connectivity index (χ1) is 9.29. The van der Waals surface area contributed by atoms with E-state index >= 15 is 0 Å². The van der Waals surface area contributed by atoms with Gasteiger partial charge in [0.15, 0.2) is 5.03 Å². The SMILES string of the molecule is O=S(=O)(NCc1ccc(C(F)(F)F)o1)c1ccccn1. The third-order valence-electron chi connectivity index (χ3n) is 2.29. The lowest BCUT2D eigenvalue weighted by Gasteiger charge is -2.04. The number of aromatic nitrogens is 1. The third-order valence-corrected chi connectivity index (χ3v) is 3.61. The molecule has 0 atom stereocenters. The molecule has 0 aliphatic rings. The fourth-order valence-electron chi connectivity index (χ4n) is 1.37. The number of furan rings is 1. The van der Waals surface area contributed by atoms with Crippen LogP contribution in [0.15, 0.2) is 46.0 Å². The minimum Gasteiger partial charge on any atom is -0.455 e. The molecule has 2 rings (SSSR count). The lowest BCUT2D eigenvalue weighted by molar-refractivity contribution is -0.153. The monoisotopic (exact) mass is 306 g/mol. The number of rotatable bonds is 4. The van der Waals surface area contributed by atoms with Gasteiger partial charge in [-0.15, -0.1) is 0 Å². The molecule has 0 aliphatic carbocycles. The van der Waals surface area contributed by atoms with E-state index in [-0.39, 0.29) is 10.8 Å². The summed E-state index contributed by atoms with van der Waals surface area (Å²) < 4.78 is 67.0. The first-order valence-electron chi connectivity index (χ1n) is 5.36. The molecule has 0 fully saturated rings. The number of halogens is 3. The van der Waals surface area contributed by atoms with Gasteiger partial charge < -0.3 is 4.42 Å². The second-order valence-corrected chi connectivity index (χ2v) is 5.47. The first-order valence-corrected chi connectivity index (χ1v) is 6.84. The van der Waals surface area contributed by atoms with Gasteiger partial charge in [0.05, 0.1) is 6.54 Å². The van der Waals surface area contributed by atoms with Crippen LogP contribution < -0.4 is 4.72 Å². The molecule has 0 unspecified atom stereocenters. The highest BCUT2D eigenvalue weighted by molar-refractivity contribution is 7.89. The highest BCUT2D eigenvalue weighted by Gasteiger charge is 2.34. The van der Waals surface area contributed by atoms with Crippen LogP contribution in [0.4, 0.5) is 13.2 Å². The summed E-state index contributed by atoms with van der Waals surface area (Å²) in [6.45, 7) is -0.394. The van der Waals surface area contributed by atoms with Crippen molar-refractivity contribution in [1.82, 2.24) is 9.71 Å². The van der Waals surface area contributed by atoms with E-state index in [2.05, 4.69) is 14.1 Å². The summed E-state index contributed by atoms with van der Waals surface area (Å²) in [6, 6.07) is 6.09. The van der Waals surface area contributed by atoms with Crippen LogP contribution in [0.5, 0.6) is 0 Å². The number of hydrogen-bond donors (Lipinski definition) is 1. The van der Waals surface area contributed by atoms with Crippen LogP contribution in [0, 0.1) is 0 Å². The molecular formula is C11H9F3N2O3S. The summed E-state index contributed by atoms with van der Waals surface area (Å²) in [7, 11) is -3.89. The largest absolute Gasteiger partial charge is 0.455 e. The average molecular weight is 306 g/mol. The van der Waals surface area contributed by atoms with Crippen LogP contribution in [0.1, 0.15) is 11.5 Å². The van der Waals surface area contributed by atoms with Crippen molar-refractivity contribution in [2.24, 2.45) is 0 Å². The number of alkyl halides is 3. The second kappa shape index (κ2) is 5.25. The quantitative estimate of drug-likeness (QED) is 0.939. The number of hydrogen-bond acceptors (Lipinski definition) is 4. The molecule has 1 N–H and O–H groups in total. The van der Waals surface area contributed by atoms with Crippen LogP contribution >= 0.6 is 0 Å². The molecule has 0 aliphatic heterocycles. The summed E-state index contributed by atoms with van der Waals surface area (Å²) in [4.78, 5) is 3.65. The van der Waals surface area contributed by atoms with Crippen LogP contribution in [0.25, 0.3) is 0 Å². The fraction of sp³-hybridized carbons (Fsp3) is 0.182. The average Bonchev–Trinajstić information content (AvgIpc) is 2.86. The summed E-state index contributed by atoms with van der Waals surface area (Å²) in [5, 5.41) is -0.220. The lowest BCUT2D eigenvalue weighted by atomic mass is 10.4. The standard InChI is InChI=1S/C11H9F3N2O3S/c12-11(13,14)9-5-4-8(19-9)7-16-20(17,18)10-3-1-2-6-15-10/h1-6,16H,7H2. The van der Waals surface area contributed by atoms with Crippen LogP contribution in [0.3, 0.4) is 0 Å². The smallest absolute Gasteiger partial charge is 0.449 e. The molecule has 2 aromatic rings. The van der Waals surface area contributed by atoms with Gasteiger partial charge in [-0.05, 0) is 24.3 Å². The Morgan fingerprint density at radius 3 is 2.50 bits per heavy atom. The van der Waals surface area contributed by atoms with Gasteiger partial charge in [-0.1, -0.05) is 6.07 Å². The second-order valence-electron chi connectivity index (χ2n) is 3.76. The molecule has 5 nitrogen and oxygen atoms in total. The minimum atomic E-state index is -4.60. The Morgan fingerprint density at radius 2 is 1.95 bits per heavy atom. The molecule has 0 bridgehead atoms. The topological polar surface area (TPSA) is 72.2 Å². The van der Waals surface area contributed by atoms with Crippen molar-refractivity contribution < 1.29 is 26.0 Å². The van der Waals surface area contributed by atoms with Crippen molar-refractivity contribution in [2.45, 2.75) is 17.7 Å². The first kappa shape index (κ1) is 14.5. The Labute approximate surface area is 112 Å². The lowest BCUT2D eigenvalue weighted by Crippen LogP contribution is -2.23. The Morgan fingerprint density at radius 1 is 1.20 bits per heavy atom. The van der Waals surface area contributed by atoms with Crippen molar-refractivity contribution in [3.63, 3.8) is 0 Å². The molecule has 108 valence electrons. The van der Waals surface area contributed by atoms with E-state index in [1.165, 1.54) is 18.3 Å². The van der Waals surface area contributed by atoms with E-state index in [9.17, 15) is 21.6 Å². The summed E-state index contributed by atoms with van der Waals surface area (Å²) in [5.74, 6) is -1.32. The molecule has 0 spiro atoms. The van der Waals surface area contributed by atoms with Gasteiger partial charge in [0.25, 0.3) is 10.0 Å².